The van der Waals surface area contributed by atoms with Gasteiger partial charge in [0, 0.05) is 6.61 Å². The number of aliphatic hydroxyl groups excluding tert-OH is 1. The van der Waals surface area contributed by atoms with Gasteiger partial charge in [-0.05, 0) is 40.2 Å². The highest BCUT2D eigenvalue weighted by atomic mass is 28.4. The topological polar surface area (TPSA) is 29.5 Å². The standard InChI is InChI=1S/C29H36O2Si/c1-29(2,3)32(27-18-9-5-10-19-27,28-20-11-6-12-21-28)31-26(17-13-14-24-30)23-22-25-15-7-4-8-16-25/h4-13,15-21,26,30H,14,22-24H2,1-3H3/b17-13+. The maximum Gasteiger partial charge on any atom is 0.261 e. The van der Waals surface area contributed by atoms with Crippen molar-refractivity contribution in [3.63, 3.8) is 0 Å². The molecule has 1 atom stereocenters. The molecule has 0 aliphatic heterocycles. The van der Waals surface area contributed by atoms with Crippen LogP contribution in [0.2, 0.25) is 5.04 Å². The largest absolute Gasteiger partial charge is 0.401 e. The molecular weight excluding hydrogens is 408 g/mol. The van der Waals surface area contributed by atoms with Gasteiger partial charge >= 0.3 is 0 Å². The summed E-state index contributed by atoms with van der Waals surface area (Å²) < 4.78 is 7.31. The monoisotopic (exact) mass is 444 g/mol. The number of aryl methyl sites for hydroxylation is 1. The molecule has 0 amide bonds. The van der Waals surface area contributed by atoms with Gasteiger partial charge in [0.05, 0.1) is 6.10 Å². The lowest BCUT2D eigenvalue weighted by atomic mass is 10.1. The van der Waals surface area contributed by atoms with E-state index in [4.69, 9.17) is 4.43 Å². The summed E-state index contributed by atoms with van der Waals surface area (Å²) in [5, 5.41) is 11.8. The molecule has 0 aliphatic carbocycles. The molecule has 32 heavy (non-hydrogen) atoms. The maximum absolute atomic E-state index is 9.32. The van der Waals surface area contributed by atoms with Crippen LogP contribution in [0.4, 0.5) is 0 Å². The fraction of sp³-hybridized carbons (Fsp3) is 0.310. The van der Waals surface area contributed by atoms with Crippen LogP contribution in [0.25, 0.3) is 0 Å². The van der Waals surface area contributed by atoms with Gasteiger partial charge in [-0.15, -0.1) is 0 Å². The van der Waals surface area contributed by atoms with Crippen LogP contribution in [0.15, 0.2) is 103 Å². The van der Waals surface area contributed by atoms with Crippen LogP contribution >= 0.6 is 0 Å². The van der Waals surface area contributed by atoms with Crippen LogP contribution in [-0.4, -0.2) is 26.1 Å². The first-order valence-electron chi connectivity index (χ1n) is 11.6. The highest BCUT2D eigenvalue weighted by Crippen LogP contribution is 2.38. The van der Waals surface area contributed by atoms with Gasteiger partial charge in [0.2, 0.25) is 0 Å². The Kier molecular flexibility index (Phi) is 8.63. The number of hydrogen-bond donors (Lipinski definition) is 1. The van der Waals surface area contributed by atoms with E-state index in [0.717, 1.165) is 12.8 Å². The minimum atomic E-state index is -2.62. The van der Waals surface area contributed by atoms with E-state index in [1.807, 2.05) is 0 Å². The molecule has 3 rings (SSSR count). The minimum absolute atomic E-state index is 0.0342. The Bertz CT molecular complexity index is 907. The molecule has 0 spiro atoms. The van der Waals surface area contributed by atoms with Crippen molar-refractivity contribution in [2.75, 3.05) is 6.61 Å². The summed E-state index contributed by atoms with van der Waals surface area (Å²) in [6.45, 7) is 7.09. The Hall–Kier alpha value is -2.46. The molecule has 0 aromatic heterocycles. The molecular formula is C29H36O2Si. The first-order chi connectivity index (χ1) is 15.5. The highest BCUT2D eigenvalue weighted by Gasteiger charge is 2.51. The number of hydrogen-bond acceptors (Lipinski definition) is 2. The van der Waals surface area contributed by atoms with Gasteiger partial charge in [-0.3, -0.25) is 0 Å². The zero-order chi connectivity index (χ0) is 22.9. The summed E-state index contributed by atoms with van der Waals surface area (Å²) in [5.74, 6) is 0. The van der Waals surface area contributed by atoms with E-state index in [2.05, 4.69) is 124 Å². The van der Waals surface area contributed by atoms with Gasteiger partial charge in [0.1, 0.15) is 0 Å². The Morgan fingerprint density at radius 1 is 0.812 bits per heavy atom. The maximum atomic E-state index is 9.32. The molecule has 168 valence electrons. The van der Waals surface area contributed by atoms with Crippen LogP contribution in [-0.2, 0) is 10.8 Å². The van der Waals surface area contributed by atoms with Crippen molar-refractivity contribution in [2.45, 2.75) is 51.2 Å². The molecule has 0 aliphatic rings. The van der Waals surface area contributed by atoms with Crippen molar-refractivity contribution in [1.82, 2.24) is 0 Å². The molecule has 3 aromatic carbocycles. The first-order valence-corrected chi connectivity index (χ1v) is 13.5. The van der Waals surface area contributed by atoms with Gasteiger partial charge in [-0.1, -0.05) is 124 Å². The Labute approximate surface area is 194 Å². The normalized spacial score (nSPS) is 13.4. The van der Waals surface area contributed by atoms with E-state index < -0.39 is 8.32 Å². The van der Waals surface area contributed by atoms with Crippen molar-refractivity contribution in [3.05, 3.63) is 109 Å². The fourth-order valence-corrected chi connectivity index (χ4v) is 9.05. The number of aliphatic hydroxyl groups is 1. The molecule has 0 fully saturated rings. The van der Waals surface area contributed by atoms with Crippen LogP contribution in [0.3, 0.4) is 0 Å². The lowest BCUT2D eigenvalue weighted by Crippen LogP contribution is -2.67. The third-order valence-electron chi connectivity index (χ3n) is 5.95. The van der Waals surface area contributed by atoms with Gasteiger partial charge in [-0.2, -0.15) is 0 Å². The van der Waals surface area contributed by atoms with Gasteiger partial charge in [-0.25, -0.2) is 0 Å². The number of benzene rings is 3. The Morgan fingerprint density at radius 3 is 1.78 bits per heavy atom. The summed E-state index contributed by atoms with van der Waals surface area (Å²) in [7, 11) is -2.62. The van der Waals surface area contributed by atoms with E-state index in [9.17, 15) is 5.11 Å². The van der Waals surface area contributed by atoms with E-state index >= 15 is 0 Å². The van der Waals surface area contributed by atoms with Gasteiger partial charge in [0.15, 0.2) is 0 Å². The summed E-state index contributed by atoms with van der Waals surface area (Å²) in [5.41, 5.74) is 1.32. The van der Waals surface area contributed by atoms with Crippen molar-refractivity contribution >= 4 is 18.7 Å². The molecule has 0 bridgehead atoms. The predicted octanol–water partition coefficient (Wildman–Crippen LogP) is 5.50. The second-order valence-corrected chi connectivity index (χ2v) is 13.5. The fourth-order valence-electron chi connectivity index (χ4n) is 4.39. The van der Waals surface area contributed by atoms with E-state index in [1.165, 1.54) is 15.9 Å². The molecule has 2 nitrogen and oxygen atoms in total. The van der Waals surface area contributed by atoms with Gasteiger partial charge < -0.3 is 9.53 Å². The van der Waals surface area contributed by atoms with Crippen LogP contribution in [0, 0.1) is 0 Å². The van der Waals surface area contributed by atoms with Crippen molar-refractivity contribution in [3.8, 4) is 0 Å². The Morgan fingerprint density at radius 2 is 1.31 bits per heavy atom. The Balaban J connectivity index is 2.04. The SMILES string of the molecule is CC(C)(C)[Si](OC(/C=C/CCO)CCc1ccccc1)(c1ccccc1)c1ccccc1. The minimum Gasteiger partial charge on any atom is -0.401 e. The average Bonchev–Trinajstić information content (AvgIpc) is 2.81. The highest BCUT2D eigenvalue weighted by molar-refractivity contribution is 6.99. The predicted molar refractivity (Wildman–Crippen MR) is 138 cm³/mol. The first kappa shape index (κ1) is 24.2. The zero-order valence-corrected chi connectivity index (χ0v) is 20.6. The average molecular weight is 445 g/mol. The lowest BCUT2D eigenvalue weighted by Gasteiger charge is -2.45. The summed E-state index contributed by atoms with van der Waals surface area (Å²) in [6.07, 6.45) is 6.69. The smallest absolute Gasteiger partial charge is 0.261 e. The van der Waals surface area contributed by atoms with Crippen LogP contribution < -0.4 is 10.4 Å². The quantitative estimate of drug-likeness (QED) is 0.330. The second kappa shape index (κ2) is 11.4. The van der Waals surface area contributed by atoms with Gasteiger partial charge in [0.25, 0.3) is 8.32 Å². The third kappa shape index (κ3) is 5.86. The molecule has 0 saturated heterocycles. The van der Waals surface area contributed by atoms with Crippen molar-refractivity contribution in [2.24, 2.45) is 0 Å². The summed E-state index contributed by atoms with van der Waals surface area (Å²) in [6, 6.07) is 32.2. The van der Waals surface area contributed by atoms with E-state index in [1.54, 1.807) is 0 Å². The van der Waals surface area contributed by atoms with E-state index in [-0.39, 0.29) is 17.7 Å². The van der Waals surface area contributed by atoms with Crippen LogP contribution in [0.1, 0.15) is 39.2 Å². The molecule has 0 saturated carbocycles. The zero-order valence-electron chi connectivity index (χ0n) is 19.6. The number of rotatable bonds is 10. The molecule has 1 N–H and O–H groups in total. The summed E-state index contributed by atoms with van der Waals surface area (Å²) in [4.78, 5) is 0. The van der Waals surface area contributed by atoms with Crippen LogP contribution in [0.5, 0.6) is 0 Å². The molecule has 3 aromatic rings. The lowest BCUT2D eigenvalue weighted by molar-refractivity contribution is 0.222. The molecule has 0 heterocycles. The molecule has 1 unspecified atom stereocenters. The van der Waals surface area contributed by atoms with E-state index in [0.29, 0.717) is 6.42 Å². The van der Waals surface area contributed by atoms with Crippen molar-refractivity contribution in [1.29, 1.82) is 0 Å². The summed E-state index contributed by atoms with van der Waals surface area (Å²) >= 11 is 0. The second-order valence-electron chi connectivity index (χ2n) is 9.28. The third-order valence-corrected chi connectivity index (χ3v) is 11.0. The molecule has 0 radical (unpaired) electrons. The molecule has 3 heteroatoms. The van der Waals surface area contributed by atoms with Crippen molar-refractivity contribution < 1.29 is 9.53 Å².